The van der Waals surface area contributed by atoms with Crippen LogP contribution in [0.4, 0.5) is 0 Å². The second-order valence-electron chi connectivity index (χ2n) is 4.10. The number of aryl methyl sites for hydroxylation is 1. The highest BCUT2D eigenvalue weighted by molar-refractivity contribution is 9.11. The lowest BCUT2D eigenvalue weighted by atomic mass is 10.0. The molecule has 18 heavy (non-hydrogen) atoms. The predicted molar refractivity (Wildman–Crippen MR) is 83.1 cm³/mol. The lowest BCUT2D eigenvalue weighted by molar-refractivity contribution is 0.865. The summed E-state index contributed by atoms with van der Waals surface area (Å²) < 4.78 is 2.06. The van der Waals surface area contributed by atoms with Crippen molar-refractivity contribution in [2.75, 3.05) is 0 Å². The van der Waals surface area contributed by atoms with Gasteiger partial charge in [-0.15, -0.1) is 11.6 Å². The highest BCUT2D eigenvalue weighted by Gasteiger charge is 2.14. The third-order valence-electron chi connectivity index (χ3n) is 2.79. The van der Waals surface area contributed by atoms with Crippen LogP contribution in [0.15, 0.2) is 45.5 Å². The van der Waals surface area contributed by atoms with Gasteiger partial charge >= 0.3 is 0 Å². The van der Waals surface area contributed by atoms with E-state index in [9.17, 15) is 0 Å². The molecule has 0 aliphatic rings. The third-order valence-corrected chi connectivity index (χ3v) is 4.39. The number of hydrogen-bond donors (Lipinski definition) is 0. The molecule has 1 aromatic carbocycles. The van der Waals surface area contributed by atoms with Crippen LogP contribution < -0.4 is 0 Å². The molecule has 0 bridgehead atoms. The van der Waals surface area contributed by atoms with Gasteiger partial charge in [0.2, 0.25) is 0 Å². The molecular weight excluding hydrogens is 377 g/mol. The summed E-state index contributed by atoms with van der Waals surface area (Å²) in [6, 6.07) is 10.0. The fourth-order valence-electron chi connectivity index (χ4n) is 1.77. The average Bonchev–Trinajstić information content (AvgIpc) is 2.35. The van der Waals surface area contributed by atoms with Gasteiger partial charge in [-0.2, -0.15) is 0 Å². The van der Waals surface area contributed by atoms with Crippen LogP contribution in [0, 0.1) is 6.92 Å². The highest BCUT2D eigenvalue weighted by atomic mass is 79.9. The number of hydrogen-bond acceptors (Lipinski definition) is 1. The molecule has 1 atom stereocenters. The van der Waals surface area contributed by atoms with Gasteiger partial charge in [-0.05, 0) is 42.3 Å². The monoisotopic (exact) mass is 387 g/mol. The maximum absolute atomic E-state index is 6.50. The first-order valence-corrected chi connectivity index (χ1v) is 7.59. The minimum Gasteiger partial charge on any atom is -0.261 e. The summed E-state index contributed by atoms with van der Waals surface area (Å²) in [5.41, 5.74) is 3.30. The Morgan fingerprint density at radius 3 is 2.78 bits per heavy atom. The van der Waals surface area contributed by atoms with Gasteiger partial charge in [0, 0.05) is 27.3 Å². The van der Waals surface area contributed by atoms with E-state index in [0.717, 1.165) is 26.6 Å². The van der Waals surface area contributed by atoms with Gasteiger partial charge in [0.15, 0.2) is 0 Å². The first-order valence-electron chi connectivity index (χ1n) is 5.57. The number of alkyl halides is 1. The lowest BCUT2D eigenvalue weighted by Gasteiger charge is -2.13. The molecule has 0 saturated carbocycles. The van der Waals surface area contributed by atoms with Crippen LogP contribution in [0.3, 0.4) is 0 Å². The van der Waals surface area contributed by atoms with Gasteiger partial charge in [0.25, 0.3) is 0 Å². The molecule has 0 amide bonds. The van der Waals surface area contributed by atoms with Crippen molar-refractivity contribution < 1.29 is 0 Å². The molecule has 0 N–H and O–H groups in total. The van der Waals surface area contributed by atoms with Gasteiger partial charge in [-0.1, -0.05) is 37.9 Å². The molecule has 2 rings (SSSR count). The Balaban J connectivity index is 2.25. The zero-order valence-electron chi connectivity index (χ0n) is 9.83. The van der Waals surface area contributed by atoms with E-state index < -0.39 is 0 Å². The van der Waals surface area contributed by atoms with Crippen LogP contribution in [-0.2, 0) is 6.42 Å². The Labute approximate surface area is 129 Å². The Hall–Kier alpha value is -0.380. The Morgan fingerprint density at radius 2 is 2.06 bits per heavy atom. The molecule has 0 saturated heterocycles. The molecular formula is C14H12Br2ClN. The number of pyridine rings is 1. The zero-order valence-corrected chi connectivity index (χ0v) is 13.8. The number of rotatable bonds is 3. The summed E-state index contributed by atoms with van der Waals surface area (Å²) >= 11 is 13.5. The molecule has 0 aliphatic carbocycles. The molecule has 1 nitrogen and oxygen atoms in total. The normalized spacial score (nSPS) is 12.4. The van der Waals surface area contributed by atoms with E-state index in [-0.39, 0.29) is 5.38 Å². The highest BCUT2D eigenvalue weighted by Crippen LogP contribution is 2.33. The van der Waals surface area contributed by atoms with E-state index in [4.69, 9.17) is 11.6 Å². The Kier molecular flexibility index (Phi) is 4.82. The second kappa shape index (κ2) is 6.18. The van der Waals surface area contributed by atoms with Crippen LogP contribution in [0.2, 0.25) is 0 Å². The van der Waals surface area contributed by atoms with Crippen molar-refractivity contribution in [1.82, 2.24) is 4.98 Å². The molecule has 0 spiro atoms. The minimum atomic E-state index is -0.0922. The topological polar surface area (TPSA) is 12.9 Å². The maximum Gasteiger partial charge on any atom is 0.0652 e. The molecule has 0 radical (unpaired) electrons. The third kappa shape index (κ3) is 3.34. The predicted octanol–water partition coefficient (Wildman–Crippen LogP) is 5.44. The largest absolute Gasteiger partial charge is 0.261 e. The zero-order chi connectivity index (χ0) is 13.1. The molecule has 0 aliphatic heterocycles. The first kappa shape index (κ1) is 14.0. The van der Waals surface area contributed by atoms with E-state index in [2.05, 4.69) is 49.8 Å². The molecule has 1 heterocycles. The number of aromatic nitrogens is 1. The molecule has 1 unspecified atom stereocenters. The van der Waals surface area contributed by atoms with Gasteiger partial charge in [0.05, 0.1) is 5.38 Å². The van der Waals surface area contributed by atoms with Crippen LogP contribution in [0.25, 0.3) is 0 Å². The number of benzene rings is 1. The molecule has 2 aromatic rings. The molecule has 94 valence electrons. The fraction of sp³-hybridized carbons (Fsp3) is 0.214. The molecule has 0 fully saturated rings. The average molecular weight is 390 g/mol. The van der Waals surface area contributed by atoms with Crippen LogP contribution in [-0.4, -0.2) is 4.98 Å². The van der Waals surface area contributed by atoms with Gasteiger partial charge in [0.1, 0.15) is 0 Å². The Morgan fingerprint density at radius 1 is 1.28 bits per heavy atom. The summed E-state index contributed by atoms with van der Waals surface area (Å²) in [6.45, 7) is 2.06. The van der Waals surface area contributed by atoms with Crippen LogP contribution >= 0.6 is 43.5 Å². The van der Waals surface area contributed by atoms with E-state index in [1.54, 1.807) is 0 Å². The van der Waals surface area contributed by atoms with E-state index in [0.29, 0.717) is 0 Å². The van der Waals surface area contributed by atoms with Crippen molar-refractivity contribution in [3.05, 3.63) is 62.3 Å². The summed E-state index contributed by atoms with van der Waals surface area (Å²) in [5.74, 6) is 0. The second-order valence-corrected chi connectivity index (χ2v) is 6.40. The van der Waals surface area contributed by atoms with Crippen molar-refractivity contribution >= 4 is 43.5 Å². The number of halogens is 3. The maximum atomic E-state index is 6.50. The van der Waals surface area contributed by atoms with E-state index in [1.807, 2.05) is 30.5 Å². The minimum absolute atomic E-state index is 0.0922. The molecule has 1 aromatic heterocycles. The number of nitrogens with zero attached hydrogens (tertiary/aromatic N) is 1. The van der Waals surface area contributed by atoms with Crippen LogP contribution in [0.5, 0.6) is 0 Å². The first-order chi connectivity index (χ1) is 8.58. The fourth-order valence-corrected chi connectivity index (χ4v) is 3.13. The lowest BCUT2D eigenvalue weighted by Crippen LogP contribution is -2.01. The smallest absolute Gasteiger partial charge is 0.0652 e. The van der Waals surface area contributed by atoms with Crippen molar-refractivity contribution in [2.45, 2.75) is 18.7 Å². The van der Waals surface area contributed by atoms with Gasteiger partial charge in [-0.3, -0.25) is 4.98 Å². The SMILES string of the molecule is Cc1cccnc1CC(Cl)c1cc(Br)ccc1Br. The Bertz CT molecular complexity index is 557. The van der Waals surface area contributed by atoms with Crippen molar-refractivity contribution in [1.29, 1.82) is 0 Å². The summed E-state index contributed by atoms with van der Waals surface area (Å²) in [4.78, 5) is 4.38. The van der Waals surface area contributed by atoms with E-state index in [1.165, 1.54) is 5.56 Å². The summed E-state index contributed by atoms with van der Waals surface area (Å²) in [7, 11) is 0. The molecule has 4 heteroatoms. The van der Waals surface area contributed by atoms with Crippen molar-refractivity contribution in [3.63, 3.8) is 0 Å². The van der Waals surface area contributed by atoms with Crippen LogP contribution in [0.1, 0.15) is 22.2 Å². The van der Waals surface area contributed by atoms with E-state index >= 15 is 0 Å². The van der Waals surface area contributed by atoms with Gasteiger partial charge in [-0.25, -0.2) is 0 Å². The standard InChI is InChI=1S/C14H12Br2ClN/c1-9-3-2-6-18-14(9)8-13(17)11-7-10(15)4-5-12(11)16/h2-7,13H,8H2,1H3. The summed E-state index contributed by atoms with van der Waals surface area (Å²) in [5, 5.41) is -0.0922. The van der Waals surface area contributed by atoms with Crippen molar-refractivity contribution in [3.8, 4) is 0 Å². The quantitative estimate of drug-likeness (QED) is 0.637. The summed E-state index contributed by atoms with van der Waals surface area (Å²) in [6.07, 6.45) is 2.53. The van der Waals surface area contributed by atoms with Crippen molar-refractivity contribution in [2.24, 2.45) is 0 Å². The van der Waals surface area contributed by atoms with Gasteiger partial charge < -0.3 is 0 Å².